The summed E-state index contributed by atoms with van der Waals surface area (Å²) in [5.41, 5.74) is 0.788. The molecule has 0 saturated carbocycles. The second kappa shape index (κ2) is 7.36. The van der Waals surface area contributed by atoms with Gasteiger partial charge in [0.05, 0.1) is 18.1 Å². The molecule has 0 aliphatic carbocycles. The predicted molar refractivity (Wildman–Crippen MR) is 102 cm³/mol. The summed E-state index contributed by atoms with van der Waals surface area (Å²) in [6.07, 6.45) is 0.561. The number of nitro groups is 1. The first kappa shape index (κ1) is 19.5. The summed E-state index contributed by atoms with van der Waals surface area (Å²) >= 11 is 0. The molecule has 4 heterocycles. The van der Waals surface area contributed by atoms with Crippen molar-refractivity contribution in [2.75, 3.05) is 32.8 Å². The largest absolute Gasteiger partial charge is 0.445 e. The highest BCUT2D eigenvalue weighted by molar-refractivity contribution is 7.54. The molecule has 0 unspecified atom stereocenters. The van der Waals surface area contributed by atoms with Crippen molar-refractivity contribution in [3.05, 3.63) is 57.7 Å². The van der Waals surface area contributed by atoms with Crippen LogP contribution in [0.15, 0.2) is 30.5 Å². The van der Waals surface area contributed by atoms with Crippen molar-refractivity contribution in [2.24, 2.45) is 0 Å². The van der Waals surface area contributed by atoms with Gasteiger partial charge in [-0.15, -0.1) is 0 Å². The molecule has 158 valence electrons. The van der Waals surface area contributed by atoms with Gasteiger partial charge in [0.2, 0.25) is 5.75 Å². The number of rotatable bonds is 7. The Morgan fingerprint density at radius 1 is 1.23 bits per heavy atom. The highest BCUT2D eigenvalue weighted by atomic mass is 31.2. The van der Waals surface area contributed by atoms with Gasteiger partial charge >= 0.3 is 13.4 Å². The molecular formula is C18H18FN4O6P. The molecule has 0 bridgehead atoms. The fraction of sp³-hybridized carbons (Fsp3) is 0.389. The van der Waals surface area contributed by atoms with E-state index in [0.717, 1.165) is 0 Å². The molecule has 0 radical (unpaired) electrons. The third-order valence-electron chi connectivity index (χ3n) is 5.06. The molecule has 1 aromatic heterocycles. The van der Waals surface area contributed by atoms with Crippen LogP contribution in [-0.4, -0.2) is 52.0 Å². The highest BCUT2D eigenvalue weighted by Crippen LogP contribution is 2.63. The van der Waals surface area contributed by atoms with Crippen LogP contribution in [0.1, 0.15) is 17.2 Å². The Bertz CT molecular complexity index is 1040. The van der Waals surface area contributed by atoms with Crippen molar-refractivity contribution < 1.29 is 27.9 Å². The molecule has 12 heteroatoms. The summed E-state index contributed by atoms with van der Waals surface area (Å²) in [7, 11) is -3.14. The first-order valence-electron chi connectivity index (χ1n) is 9.42. The average molecular weight is 436 g/mol. The number of hydrogen-bond acceptors (Lipinski definition) is 7. The maximum Gasteiger partial charge on any atom is 0.346 e. The van der Waals surface area contributed by atoms with Gasteiger partial charge in [0.1, 0.15) is 6.10 Å². The van der Waals surface area contributed by atoms with Gasteiger partial charge in [-0.25, -0.2) is 14.3 Å². The van der Waals surface area contributed by atoms with E-state index in [1.54, 1.807) is 9.34 Å². The van der Waals surface area contributed by atoms with Gasteiger partial charge in [0.25, 0.3) is 5.95 Å². The Morgan fingerprint density at radius 3 is 2.60 bits per heavy atom. The quantitative estimate of drug-likeness (QED) is 0.213. The molecule has 2 aromatic rings. The normalized spacial score (nSPS) is 21.2. The van der Waals surface area contributed by atoms with Crippen LogP contribution >= 0.6 is 7.67 Å². The van der Waals surface area contributed by atoms with Gasteiger partial charge < -0.3 is 9.47 Å². The van der Waals surface area contributed by atoms with Crippen LogP contribution in [-0.2, 0) is 20.4 Å². The van der Waals surface area contributed by atoms with Crippen molar-refractivity contribution in [1.82, 2.24) is 14.3 Å². The second-order valence-corrected chi connectivity index (χ2v) is 9.50. The molecule has 30 heavy (non-hydrogen) atoms. The molecule has 0 amide bonds. The summed E-state index contributed by atoms with van der Waals surface area (Å²) in [6.45, 7) is 3.09. The Hall–Kier alpha value is -2.43. The average Bonchev–Trinajstić information content (AvgIpc) is 3.62. The second-order valence-electron chi connectivity index (χ2n) is 7.18. The van der Waals surface area contributed by atoms with Gasteiger partial charge in [0.15, 0.2) is 5.75 Å². The molecule has 3 aliphatic rings. The van der Waals surface area contributed by atoms with Crippen LogP contribution in [0.2, 0.25) is 0 Å². The Kier molecular flexibility index (Phi) is 4.79. The molecule has 0 spiro atoms. The van der Waals surface area contributed by atoms with E-state index in [4.69, 9.17) is 14.0 Å². The number of aromatic nitrogens is 1. The van der Waals surface area contributed by atoms with Gasteiger partial charge in [-0.2, -0.15) is 4.39 Å². The van der Waals surface area contributed by atoms with E-state index in [1.165, 1.54) is 30.5 Å². The summed E-state index contributed by atoms with van der Waals surface area (Å²) in [5.74, 6) is -1.26. The number of fused-ring (bicyclic) bond motifs is 1. The smallest absolute Gasteiger partial charge is 0.346 e. The van der Waals surface area contributed by atoms with Gasteiger partial charge in [0, 0.05) is 38.4 Å². The van der Waals surface area contributed by atoms with Crippen LogP contribution in [0.25, 0.3) is 0 Å². The van der Waals surface area contributed by atoms with E-state index in [9.17, 15) is 19.1 Å². The van der Waals surface area contributed by atoms with Crippen molar-refractivity contribution in [3.63, 3.8) is 0 Å². The molecule has 1 atom stereocenters. The van der Waals surface area contributed by atoms with Gasteiger partial charge in [-0.1, -0.05) is 0 Å². The summed E-state index contributed by atoms with van der Waals surface area (Å²) < 4.78 is 48.0. The number of ether oxygens (including phenoxy) is 2. The lowest BCUT2D eigenvalue weighted by molar-refractivity contribution is -0.385. The zero-order chi connectivity index (χ0) is 20.9. The minimum absolute atomic E-state index is 0.144. The lowest BCUT2D eigenvalue weighted by atomic mass is 9.99. The number of pyridine rings is 1. The summed E-state index contributed by atoms with van der Waals surface area (Å²) in [6, 6.07) is 5.57. The van der Waals surface area contributed by atoms with Crippen molar-refractivity contribution in [3.8, 4) is 11.5 Å². The lowest BCUT2D eigenvalue weighted by Crippen LogP contribution is -2.21. The van der Waals surface area contributed by atoms with Crippen molar-refractivity contribution >= 4 is 13.4 Å². The number of nitrogens with zero attached hydrogens (tertiary/aromatic N) is 4. The van der Waals surface area contributed by atoms with Crippen LogP contribution < -0.4 is 4.74 Å². The first-order valence-corrected chi connectivity index (χ1v) is 11.0. The third kappa shape index (κ3) is 3.59. The first-order chi connectivity index (χ1) is 14.5. The highest BCUT2D eigenvalue weighted by Gasteiger charge is 2.51. The van der Waals surface area contributed by atoms with E-state index >= 15 is 0 Å². The fourth-order valence-electron chi connectivity index (χ4n) is 3.37. The van der Waals surface area contributed by atoms with E-state index in [-0.39, 0.29) is 30.4 Å². The molecule has 0 N–H and O–H groups in total. The molecule has 2 saturated heterocycles. The molecule has 10 nitrogen and oxygen atoms in total. The molecule has 2 fully saturated rings. The fourth-order valence-corrected chi connectivity index (χ4v) is 5.69. The Morgan fingerprint density at radius 2 is 1.97 bits per heavy atom. The van der Waals surface area contributed by atoms with Crippen LogP contribution in [0.5, 0.6) is 11.5 Å². The predicted octanol–water partition coefficient (Wildman–Crippen LogP) is 3.25. The molecule has 3 aliphatic heterocycles. The SMILES string of the molecule is O=[N+]([O-])c1cc2c(cc1Oc1cccnc1F)[C@H](OP(=O)(N1CC1)N1CC1)COC2. The van der Waals surface area contributed by atoms with Gasteiger partial charge in [-0.3, -0.25) is 19.2 Å². The monoisotopic (exact) mass is 436 g/mol. The zero-order valence-corrected chi connectivity index (χ0v) is 16.7. The topological polar surface area (TPSA) is 107 Å². The summed E-state index contributed by atoms with van der Waals surface area (Å²) in [4.78, 5) is 14.5. The number of hydrogen-bond donors (Lipinski definition) is 0. The van der Waals surface area contributed by atoms with Gasteiger partial charge in [-0.05, 0) is 29.3 Å². The maximum absolute atomic E-state index is 13.9. The Labute approximate surface area is 170 Å². The molecule has 5 rings (SSSR count). The van der Waals surface area contributed by atoms with Crippen LogP contribution in [0.4, 0.5) is 10.1 Å². The Balaban J connectivity index is 1.51. The minimum Gasteiger partial charge on any atom is -0.445 e. The standard InChI is InChI=1S/C18H18FN4O6P/c19-18-15(2-1-3-20-18)28-16-9-13-12(8-14(16)23(24)25)10-27-11-17(13)29-30(26,21-4-5-21)22-6-7-22/h1-3,8-9,17H,4-7,10-11H2/t17-/m1/s1. The minimum atomic E-state index is -3.14. The number of halogens is 1. The third-order valence-corrected chi connectivity index (χ3v) is 7.82. The van der Waals surface area contributed by atoms with E-state index in [0.29, 0.717) is 37.3 Å². The van der Waals surface area contributed by atoms with Crippen molar-refractivity contribution in [1.29, 1.82) is 0 Å². The number of benzene rings is 1. The van der Waals surface area contributed by atoms with E-state index in [2.05, 4.69) is 4.98 Å². The van der Waals surface area contributed by atoms with E-state index in [1.807, 2.05) is 0 Å². The van der Waals surface area contributed by atoms with Crippen LogP contribution in [0.3, 0.4) is 0 Å². The zero-order valence-electron chi connectivity index (χ0n) is 15.8. The molecule has 1 aromatic carbocycles. The van der Waals surface area contributed by atoms with E-state index < -0.39 is 24.6 Å². The van der Waals surface area contributed by atoms with Crippen LogP contribution in [0, 0.1) is 16.1 Å². The summed E-state index contributed by atoms with van der Waals surface area (Å²) in [5, 5.41) is 11.6. The lowest BCUT2D eigenvalue weighted by Gasteiger charge is -2.30. The molecular weight excluding hydrogens is 418 g/mol. The maximum atomic E-state index is 13.9. The number of nitro benzene ring substituents is 1. The van der Waals surface area contributed by atoms with Crippen molar-refractivity contribution in [2.45, 2.75) is 12.7 Å².